The van der Waals surface area contributed by atoms with Crippen LogP contribution >= 0.6 is 0 Å². The van der Waals surface area contributed by atoms with Crippen molar-refractivity contribution in [2.24, 2.45) is 5.18 Å². The average Bonchev–Trinajstić information content (AvgIpc) is 2.56. The van der Waals surface area contributed by atoms with Crippen molar-refractivity contribution in [3.63, 3.8) is 0 Å². The predicted octanol–water partition coefficient (Wildman–Crippen LogP) is 4.78. The van der Waals surface area contributed by atoms with Crippen LogP contribution in [0.3, 0.4) is 0 Å². The van der Waals surface area contributed by atoms with Crippen LogP contribution < -0.4 is 5.48 Å². The monoisotopic (exact) mass is 278 g/mol. The van der Waals surface area contributed by atoms with Gasteiger partial charge in [-0.3, -0.25) is 10.3 Å². The highest BCUT2D eigenvalue weighted by atomic mass is 16.6. The molecule has 3 aromatic carbocycles. The minimum Gasteiger partial charge on any atom is -0.271 e. The van der Waals surface area contributed by atoms with Gasteiger partial charge in [-0.15, -0.1) is 4.91 Å². The third-order valence-corrected chi connectivity index (χ3v) is 3.26. The van der Waals surface area contributed by atoms with Crippen LogP contribution in [0.15, 0.2) is 71.9 Å². The molecular formula is C17H14N2O2. The van der Waals surface area contributed by atoms with Crippen molar-refractivity contribution < 1.29 is 4.84 Å². The van der Waals surface area contributed by atoms with Crippen LogP contribution in [0.1, 0.15) is 5.56 Å². The molecule has 0 saturated carbocycles. The van der Waals surface area contributed by atoms with Crippen LogP contribution in [0, 0.1) is 4.91 Å². The molecule has 0 saturated heterocycles. The molecule has 104 valence electrons. The summed E-state index contributed by atoms with van der Waals surface area (Å²) in [5, 5.41) is 4.76. The van der Waals surface area contributed by atoms with Gasteiger partial charge in [-0.05, 0) is 22.9 Å². The second-order valence-electron chi connectivity index (χ2n) is 4.65. The zero-order valence-electron chi connectivity index (χ0n) is 11.3. The number of benzene rings is 3. The maximum absolute atomic E-state index is 10.8. The standard InChI is InChI=1S/C17H14N2O2/c20-18-16-10-11-17(15-9-5-4-8-14(15)16)19-21-12-13-6-2-1-3-7-13/h1-11,19H,12H2. The van der Waals surface area contributed by atoms with Gasteiger partial charge in [0, 0.05) is 10.8 Å². The first-order valence-electron chi connectivity index (χ1n) is 6.65. The van der Waals surface area contributed by atoms with Gasteiger partial charge in [0.1, 0.15) is 5.69 Å². The summed E-state index contributed by atoms with van der Waals surface area (Å²) in [6, 6.07) is 21.0. The maximum Gasteiger partial charge on any atom is 0.115 e. The van der Waals surface area contributed by atoms with Crippen molar-refractivity contribution in [3.8, 4) is 0 Å². The summed E-state index contributed by atoms with van der Waals surface area (Å²) >= 11 is 0. The number of nitrogens with one attached hydrogen (secondary N) is 1. The summed E-state index contributed by atoms with van der Waals surface area (Å²) in [7, 11) is 0. The summed E-state index contributed by atoms with van der Waals surface area (Å²) in [4.78, 5) is 16.4. The van der Waals surface area contributed by atoms with Gasteiger partial charge in [0.15, 0.2) is 0 Å². The van der Waals surface area contributed by atoms with Gasteiger partial charge in [-0.2, -0.15) is 0 Å². The van der Waals surface area contributed by atoms with Gasteiger partial charge in [0.2, 0.25) is 0 Å². The Bertz CT molecular complexity index is 757. The molecule has 0 bridgehead atoms. The summed E-state index contributed by atoms with van der Waals surface area (Å²) in [5.74, 6) is 0. The van der Waals surface area contributed by atoms with Crippen LogP contribution in [-0.4, -0.2) is 0 Å². The molecule has 0 aromatic heterocycles. The minimum absolute atomic E-state index is 0.430. The average molecular weight is 278 g/mol. The van der Waals surface area contributed by atoms with Gasteiger partial charge in [0.25, 0.3) is 0 Å². The number of nitrogens with zero attached hydrogens (tertiary/aromatic N) is 1. The third-order valence-electron chi connectivity index (χ3n) is 3.26. The lowest BCUT2D eigenvalue weighted by Crippen LogP contribution is -2.01. The van der Waals surface area contributed by atoms with E-state index in [2.05, 4.69) is 10.7 Å². The fourth-order valence-electron chi connectivity index (χ4n) is 2.22. The maximum atomic E-state index is 10.8. The zero-order chi connectivity index (χ0) is 14.5. The van der Waals surface area contributed by atoms with Crippen molar-refractivity contribution in [2.75, 3.05) is 5.48 Å². The Morgan fingerprint density at radius 3 is 2.33 bits per heavy atom. The molecule has 3 aromatic rings. The molecule has 0 aliphatic rings. The number of nitroso groups, excluding NO2 is 1. The fourth-order valence-corrected chi connectivity index (χ4v) is 2.22. The molecule has 0 fully saturated rings. The summed E-state index contributed by atoms with van der Waals surface area (Å²) < 4.78 is 0. The molecule has 0 atom stereocenters. The van der Waals surface area contributed by atoms with Crippen molar-refractivity contribution in [1.29, 1.82) is 0 Å². The molecular weight excluding hydrogens is 264 g/mol. The van der Waals surface area contributed by atoms with Gasteiger partial charge < -0.3 is 0 Å². The highest BCUT2D eigenvalue weighted by Crippen LogP contribution is 2.31. The lowest BCUT2D eigenvalue weighted by Gasteiger charge is -2.10. The van der Waals surface area contributed by atoms with Crippen LogP contribution in [-0.2, 0) is 11.4 Å². The molecule has 0 radical (unpaired) electrons. The van der Waals surface area contributed by atoms with Gasteiger partial charge in [-0.1, -0.05) is 54.6 Å². The number of rotatable bonds is 5. The van der Waals surface area contributed by atoms with Gasteiger partial charge >= 0.3 is 0 Å². The summed E-state index contributed by atoms with van der Waals surface area (Å²) in [6.07, 6.45) is 0. The van der Waals surface area contributed by atoms with Crippen molar-refractivity contribution >= 4 is 22.1 Å². The normalized spacial score (nSPS) is 10.5. The molecule has 1 N–H and O–H groups in total. The lowest BCUT2D eigenvalue weighted by molar-refractivity contribution is 0.180. The Kier molecular flexibility index (Phi) is 3.89. The van der Waals surface area contributed by atoms with E-state index in [0.717, 1.165) is 22.0 Å². The molecule has 0 heterocycles. The number of fused-ring (bicyclic) bond motifs is 1. The largest absolute Gasteiger partial charge is 0.271 e. The second-order valence-corrected chi connectivity index (χ2v) is 4.65. The number of anilines is 1. The smallest absolute Gasteiger partial charge is 0.115 e. The van der Waals surface area contributed by atoms with E-state index in [0.29, 0.717) is 12.3 Å². The zero-order valence-corrected chi connectivity index (χ0v) is 11.3. The summed E-state index contributed by atoms with van der Waals surface area (Å²) in [6.45, 7) is 0.461. The van der Waals surface area contributed by atoms with Crippen LogP contribution in [0.2, 0.25) is 0 Å². The Morgan fingerprint density at radius 1 is 0.857 bits per heavy atom. The molecule has 0 aliphatic heterocycles. The SMILES string of the molecule is O=Nc1ccc(NOCc2ccccc2)c2ccccc12. The Morgan fingerprint density at radius 2 is 1.57 bits per heavy atom. The third kappa shape index (κ3) is 2.90. The first kappa shape index (κ1) is 13.3. The molecule has 4 heteroatoms. The van der Waals surface area contributed by atoms with Crippen molar-refractivity contribution in [1.82, 2.24) is 0 Å². The van der Waals surface area contributed by atoms with E-state index in [9.17, 15) is 4.91 Å². The van der Waals surface area contributed by atoms with Crippen LogP contribution in [0.5, 0.6) is 0 Å². The molecule has 4 nitrogen and oxygen atoms in total. The van der Waals surface area contributed by atoms with E-state index in [-0.39, 0.29) is 0 Å². The second kappa shape index (κ2) is 6.15. The van der Waals surface area contributed by atoms with Crippen molar-refractivity contribution in [2.45, 2.75) is 6.61 Å². The van der Waals surface area contributed by atoms with E-state index < -0.39 is 0 Å². The molecule has 0 spiro atoms. The topological polar surface area (TPSA) is 50.7 Å². The van der Waals surface area contributed by atoms with E-state index in [1.54, 1.807) is 12.1 Å². The van der Waals surface area contributed by atoms with Crippen molar-refractivity contribution in [3.05, 3.63) is 77.2 Å². The number of hydrogen-bond donors (Lipinski definition) is 1. The molecule has 21 heavy (non-hydrogen) atoms. The molecule has 3 rings (SSSR count). The molecule has 0 aliphatic carbocycles. The fraction of sp³-hybridized carbons (Fsp3) is 0.0588. The van der Waals surface area contributed by atoms with Gasteiger partial charge in [0.05, 0.1) is 12.3 Å². The Labute approximate surface area is 122 Å². The molecule has 0 unspecified atom stereocenters. The highest BCUT2D eigenvalue weighted by Gasteiger charge is 2.05. The number of hydrogen-bond acceptors (Lipinski definition) is 4. The van der Waals surface area contributed by atoms with Crippen LogP contribution in [0.25, 0.3) is 10.8 Å². The van der Waals surface area contributed by atoms with E-state index in [1.807, 2.05) is 54.6 Å². The first-order chi connectivity index (χ1) is 10.4. The quantitative estimate of drug-likeness (QED) is 0.539. The Balaban J connectivity index is 1.80. The summed E-state index contributed by atoms with van der Waals surface area (Å²) in [5.41, 5.74) is 5.27. The van der Waals surface area contributed by atoms with E-state index in [4.69, 9.17) is 4.84 Å². The highest BCUT2D eigenvalue weighted by molar-refractivity contribution is 6.00. The Hall–Kier alpha value is -2.72. The first-order valence-corrected chi connectivity index (χ1v) is 6.65. The lowest BCUT2D eigenvalue weighted by atomic mass is 10.1. The van der Waals surface area contributed by atoms with E-state index in [1.165, 1.54) is 0 Å². The molecule has 0 amide bonds. The van der Waals surface area contributed by atoms with E-state index >= 15 is 0 Å². The van der Waals surface area contributed by atoms with Crippen LogP contribution in [0.4, 0.5) is 11.4 Å². The minimum atomic E-state index is 0.430. The predicted molar refractivity (Wildman–Crippen MR) is 84.3 cm³/mol. The van der Waals surface area contributed by atoms with Gasteiger partial charge in [-0.25, -0.2) is 0 Å².